The van der Waals surface area contributed by atoms with Crippen molar-refractivity contribution in [3.8, 4) is 5.75 Å². The van der Waals surface area contributed by atoms with Crippen LogP contribution in [0.2, 0.25) is 5.15 Å². The second-order valence-electron chi connectivity index (χ2n) is 7.74. The fraction of sp³-hybridized carbons (Fsp3) is 0.160. The number of hydrazone groups is 1. The van der Waals surface area contributed by atoms with Gasteiger partial charge in [0, 0.05) is 11.9 Å². The number of allylic oxidation sites excluding steroid dienone is 3. The van der Waals surface area contributed by atoms with Crippen LogP contribution >= 0.6 is 11.6 Å². The average molecular weight is 622 g/mol. The minimum atomic E-state index is -5.07. The topological polar surface area (TPSA) is 95.6 Å². The van der Waals surface area contributed by atoms with Crippen LogP contribution < -0.4 is 15.5 Å². The summed E-state index contributed by atoms with van der Waals surface area (Å²) in [6.07, 6.45) is -10.9. The summed E-state index contributed by atoms with van der Waals surface area (Å²) in [6, 6.07) is 7.50. The van der Waals surface area contributed by atoms with Gasteiger partial charge in [-0.05, 0) is 54.3 Å². The van der Waals surface area contributed by atoms with Crippen molar-refractivity contribution in [1.29, 1.82) is 0 Å². The Morgan fingerprint density at radius 2 is 1.71 bits per heavy atom. The van der Waals surface area contributed by atoms with E-state index in [1.54, 1.807) is 6.07 Å². The quantitative estimate of drug-likeness (QED) is 0.0782. The molecule has 0 amide bonds. The molecule has 1 heterocycles. The van der Waals surface area contributed by atoms with Crippen LogP contribution in [-0.2, 0) is 6.54 Å². The van der Waals surface area contributed by atoms with Gasteiger partial charge in [0.25, 0.3) is 0 Å². The molecule has 0 spiro atoms. The Balaban J connectivity index is 2.25. The second-order valence-corrected chi connectivity index (χ2v) is 8.12. The summed E-state index contributed by atoms with van der Waals surface area (Å²) in [4.78, 5) is 15.6. The van der Waals surface area contributed by atoms with Gasteiger partial charge >= 0.3 is 18.7 Å². The zero-order valence-corrected chi connectivity index (χ0v) is 21.9. The van der Waals surface area contributed by atoms with E-state index in [9.17, 15) is 35.1 Å². The number of hydrogen-bond donors (Lipinski definition) is 2. The lowest BCUT2D eigenvalue weighted by atomic mass is 10.2. The number of aromatic nitrogens is 1. The summed E-state index contributed by atoms with van der Waals surface area (Å²) in [6.45, 7) is 9.26. The third-order valence-corrected chi connectivity index (χ3v) is 4.74. The van der Waals surface area contributed by atoms with E-state index in [0.717, 1.165) is 18.3 Å². The first kappa shape index (κ1) is 33.6. The summed E-state index contributed by atoms with van der Waals surface area (Å²) in [5.41, 5.74) is 1.04. The van der Waals surface area contributed by atoms with E-state index >= 15 is 0 Å². The van der Waals surface area contributed by atoms with Crippen LogP contribution in [0.3, 0.4) is 0 Å². The van der Waals surface area contributed by atoms with Gasteiger partial charge in [-0.25, -0.2) is 24.8 Å². The zero-order chi connectivity index (χ0) is 31.5. The van der Waals surface area contributed by atoms with Gasteiger partial charge in [-0.2, -0.15) is 40.8 Å². The number of rotatable bonds is 10. The van der Waals surface area contributed by atoms with Gasteiger partial charge in [-0.3, -0.25) is 0 Å². The van der Waals surface area contributed by atoms with Crippen LogP contribution in [0.1, 0.15) is 11.1 Å². The summed E-state index contributed by atoms with van der Waals surface area (Å²) >= 11 is 5.75. The van der Waals surface area contributed by atoms with Gasteiger partial charge in [0.05, 0.1) is 18.3 Å². The van der Waals surface area contributed by atoms with Crippen molar-refractivity contribution in [3.05, 3.63) is 95.2 Å². The number of nitrogens with one attached hydrogen (secondary N) is 2. The van der Waals surface area contributed by atoms with Crippen molar-refractivity contribution >= 4 is 36.5 Å². The molecule has 17 heteroatoms. The number of pyridine rings is 1. The maximum Gasteiger partial charge on any atom is 0.461 e. The van der Waals surface area contributed by atoms with Crippen molar-refractivity contribution in [3.63, 3.8) is 0 Å². The van der Waals surface area contributed by atoms with E-state index in [0.29, 0.717) is 17.2 Å². The van der Waals surface area contributed by atoms with Crippen LogP contribution in [-0.4, -0.2) is 48.5 Å². The summed E-state index contributed by atoms with van der Waals surface area (Å²) in [5, 5.41) is 6.41. The first-order valence-corrected chi connectivity index (χ1v) is 11.5. The lowest BCUT2D eigenvalue weighted by Crippen LogP contribution is -2.33. The maximum atomic E-state index is 13.4. The van der Waals surface area contributed by atoms with Gasteiger partial charge in [-0.1, -0.05) is 30.8 Å². The molecule has 0 aliphatic heterocycles. The molecule has 2 aromatic rings. The van der Waals surface area contributed by atoms with Crippen molar-refractivity contribution in [2.24, 2.45) is 20.1 Å². The third-order valence-electron chi connectivity index (χ3n) is 4.52. The fourth-order valence-corrected chi connectivity index (χ4v) is 2.73. The number of aliphatic imine (C=N–C) groups is 3. The third kappa shape index (κ3) is 11.1. The van der Waals surface area contributed by atoms with Gasteiger partial charge < -0.3 is 10.1 Å². The number of guanidine groups is 2. The summed E-state index contributed by atoms with van der Waals surface area (Å²) < 4.78 is 107. The molecule has 0 atom stereocenters. The van der Waals surface area contributed by atoms with E-state index in [1.807, 2.05) is 0 Å². The largest absolute Gasteiger partial charge is 0.461 e. The minimum absolute atomic E-state index is 0.0956. The Morgan fingerprint density at radius 3 is 2.24 bits per heavy atom. The Labute approximate surface area is 238 Å². The molecule has 224 valence electrons. The normalized spacial score (nSPS) is 13.3. The summed E-state index contributed by atoms with van der Waals surface area (Å²) in [5.74, 6) is -2.95. The highest BCUT2D eigenvalue weighted by Crippen LogP contribution is 2.31. The van der Waals surface area contributed by atoms with Gasteiger partial charge in [0.15, 0.2) is 0 Å². The molecule has 8 nitrogen and oxygen atoms in total. The molecular weight excluding hydrogens is 602 g/mol. The van der Waals surface area contributed by atoms with Crippen molar-refractivity contribution in [2.45, 2.75) is 25.3 Å². The van der Waals surface area contributed by atoms with E-state index in [2.05, 4.69) is 60.4 Å². The number of halogens is 9. The van der Waals surface area contributed by atoms with Crippen LogP contribution in [0.25, 0.3) is 0 Å². The molecule has 0 aliphatic rings. The molecule has 1 aromatic heterocycles. The lowest BCUT2D eigenvalue weighted by Gasteiger charge is -2.16. The SMILES string of the molecule is C=N/C(=N\C(=NCc1ccc(Cl)nc1)NC(=C)/C=C(\C(=C)F)C(F)(F)F)N/N=C/c1ccc(OC(F)(F)C(F)F)cc1. The number of alkyl halides is 7. The Kier molecular flexibility index (Phi) is 11.9. The molecule has 0 fully saturated rings. The molecule has 0 radical (unpaired) electrons. The molecular formula is C25H20ClF8N7O. The highest BCUT2D eigenvalue weighted by atomic mass is 35.5. The predicted molar refractivity (Wildman–Crippen MR) is 143 cm³/mol. The Morgan fingerprint density at radius 1 is 1.05 bits per heavy atom. The van der Waals surface area contributed by atoms with E-state index in [1.165, 1.54) is 24.4 Å². The molecule has 2 N–H and O–H groups in total. The number of hydrogen-bond acceptors (Lipinski definition) is 4. The highest BCUT2D eigenvalue weighted by molar-refractivity contribution is 6.29. The van der Waals surface area contributed by atoms with Crippen LogP contribution in [0, 0.1) is 0 Å². The highest BCUT2D eigenvalue weighted by Gasteiger charge is 2.43. The standard InChI is InChI=1S/C25H20ClF8N7O/c1-14(10-19(15(2)27)24(30,31)32)39-23(37-12-17-6-9-20(26)36-11-17)40-22(35-3)41-38-13-16-4-7-18(8-5-16)42-25(33,34)21(28)29/h4-11,13,21H,1-3,12H2,(H2,37,39,40,41)/b19-10+,38-13+. The number of benzene rings is 1. The first-order valence-electron chi connectivity index (χ1n) is 11.1. The van der Waals surface area contributed by atoms with Gasteiger partial charge in [0.1, 0.15) is 16.7 Å². The zero-order valence-electron chi connectivity index (χ0n) is 21.1. The number of nitrogens with zero attached hydrogens (tertiary/aromatic N) is 5. The average Bonchev–Trinajstić information content (AvgIpc) is 2.90. The molecule has 0 saturated heterocycles. The Bertz CT molecular complexity index is 1390. The van der Waals surface area contributed by atoms with Crippen LogP contribution in [0.4, 0.5) is 35.1 Å². The van der Waals surface area contributed by atoms with Crippen molar-refractivity contribution < 1.29 is 39.9 Å². The molecule has 0 aliphatic carbocycles. The fourth-order valence-electron chi connectivity index (χ4n) is 2.62. The van der Waals surface area contributed by atoms with Gasteiger partial charge in [-0.15, -0.1) is 0 Å². The van der Waals surface area contributed by atoms with E-state index in [-0.39, 0.29) is 23.6 Å². The van der Waals surface area contributed by atoms with Crippen molar-refractivity contribution in [1.82, 2.24) is 15.7 Å². The maximum absolute atomic E-state index is 13.4. The van der Waals surface area contributed by atoms with Crippen molar-refractivity contribution in [2.75, 3.05) is 0 Å². The predicted octanol–water partition coefficient (Wildman–Crippen LogP) is 6.58. The summed E-state index contributed by atoms with van der Waals surface area (Å²) in [7, 11) is 0. The molecule has 0 saturated carbocycles. The lowest BCUT2D eigenvalue weighted by molar-refractivity contribution is -0.253. The van der Waals surface area contributed by atoms with Gasteiger partial charge in [0.2, 0.25) is 11.9 Å². The second kappa shape index (κ2) is 14.9. The number of ether oxygens (including phenoxy) is 1. The molecule has 0 bridgehead atoms. The molecule has 42 heavy (non-hydrogen) atoms. The monoisotopic (exact) mass is 621 g/mol. The first-order chi connectivity index (χ1) is 19.6. The minimum Gasteiger partial charge on any atom is -0.428 e. The smallest absolute Gasteiger partial charge is 0.428 e. The van der Waals surface area contributed by atoms with E-state index < -0.39 is 41.6 Å². The molecule has 1 aromatic carbocycles. The molecule has 2 rings (SSSR count). The van der Waals surface area contributed by atoms with Crippen LogP contribution in [0.5, 0.6) is 5.75 Å². The Hall–Kier alpha value is -4.60. The molecule has 0 unspecified atom stereocenters. The van der Waals surface area contributed by atoms with E-state index in [4.69, 9.17) is 11.6 Å². The van der Waals surface area contributed by atoms with Crippen LogP contribution in [0.15, 0.2) is 99.0 Å².